The summed E-state index contributed by atoms with van der Waals surface area (Å²) in [7, 11) is 0. The van der Waals surface area contributed by atoms with Crippen LogP contribution < -0.4 is 0 Å². The molecule has 4 aliphatic rings. The van der Waals surface area contributed by atoms with E-state index in [1.54, 1.807) is 13.8 Å². The van der Waals surface area contributed by atoms with Crippen LogP contribution in [-0.4, -0.2) is 94.5 Å². The fourth-order valence-electron chi connectivity index (χ4n) is 8.44. The highest BCUT2D eigenvalue weighted by molar-refractivity contribution is 5.70. The highest BCUT2D eigenvalue weighted by atomic mass is 16.6. The van der Waals surface area contributed by atoms with Crippen molar-refractivity contribution in [1.29, 1.82) is 0 Å². The van der Waals surface area contributed by atoms with Crippen molar-refractivity contribution in [2.75, 3.05) is 6.61 Å². The van der Waals surface area contributed by atoms with Crippen LogP contribution in [-0.2, 0) is 52.4 Å². The van der Waals surface area contributed by atoms with Crippen LogP contribution in [0.5, 0.6) is 0 Å². The SMILES string of the molecule is CC(=O)OC1C[C@@]2(C(C)(C)O)C(=C1C)C(O)C(OC(C)=O)[C@]1(C)C(OC(C)=O)CC3OC[C@@]3(OC(C)=O)[C@H]1C2OC(C)=O. The quantitative estimate of drug-likeness (QED) is 0.250. The zero-order valence-corrected chi connectivity index (χ0v) is 26.0. The van der Waals surface area contributed by atoms with Crippen LogP contribution >= 0.6 is 0 Å². The predicted molar refractivity (Wildman–Crippen MR) is 145 cm³/mol. The fraction of sp³-hybridized carbons (Fsp3) is 0.767. The average Bonchev–Trinajstić information content (AvgIpc) is 3.10. The first-order chi connectivity index (χ1) is 19.7. The Kier molecular flexibility index (Phi) is 8.29. The zero-order valence-electron chi connectivity index (χ0n) is 26.0. The van der Waals surface area contributed by atoms with Crippen molar-refractivity contribution < 1.29 is 62.6 Å². The minimum absolute atomic E-state index is 0.000750. The van der Waals surface area contributed by atoms with E-state index >= 15 is 0 Å². The maximum atomic E-state index is 13.0. The zero-order chi connectivity index (χ0) is 32.4. The third-order valence-electron chi connectivity index (χ3n) is 9.88. The van der Waals surface area contributed by atoms with Crippen LogP contribution in [0.2, 0.25) is 0 Å². The standard InChI is InChI=1S/C30H42O13/c1-13-19(39-14(2)31)11-29(27(7,8)37)22(13)23(36)25(41-16(4)33)28(9)20(40-15(3)32)10-21-30(12-38-21,43-18(6)35)24(28)26(29)42-17(5)34/h19-21,23-26,36-37H,10-12H2,1-9H3/t19?,20?,21?,23?,24-,25?,26?,28+,29+,30-/m0/s1. The summed E-state index contributed by atoms with van der Waals surface area (Å²) in [5.41, 5.74) is -6.06. The van der Waals surface area contributed by atoms with Gasteiger partial charge in [-0.1, -0.05) is 6.92 Å². The molecule has 0 aromatic carbocycles. The Bertz CT molecular complexity index is 1250. The molecule has 0 aromatic heterocycles. The maximum Gasteiger partial charge on any atom is 0.303 e. The highest BCUT2D eigenvalue weighted by Gasteiger charge is 2.80. The van der Waals surface area contributed by atoms with E-state index in [9.17, 15) is 34.2 Å². The van der Waals surface area contributed by atoms with Crippen molar-refractivity contribution in [3.8, 4) is 0 Å². The van der Waals surface area contributed by atoms with Gasteiger partial charge in [-0.2, -0.15) is 0 Å². The Morgan fingerprint density at radius 2 is 1.40 bits per heavy atom. The summed E-state index contributed by atoms with van der Waals surface area (Å²) < 4.78 is 35.4. The molecule has 240 valence electrons. The second kappa shape index (κ2) is 10.8. The molecule has 43 heavy (non-hydrogen) atoms. The molecule has 0 bridgehead atoms. The van der Waals surface area contributed by atoms with Crippen LogP contribution in [0, 0.1) is 16.7 Å². The minimum atomic E-state index is -1.79. The van der Waals surface area contributed by atoms with Crippen molar-refractivity contribution in [2.24, 2.45) is 16.7 Å². The molecule has 1 saturated heterocycles. The molecular formula is C30H42O13. The number of ether oxygens (including phenoxy) is 6. The van der Waals surface area contributed by atoms with Gasteiger partial charge < -0.3 is 38.6 Å². The molecular weight excluding hydrogens is 568 g/mol. The lowest BCUT2D eigenvalue weighted by molar-refractivity contribution is -0.353. The van der Waals surface area contributed by atoms with E-state index in [2.05, 4.69) is 0 Å². The van der Waals surface area contributed by atoms with Gasteiger partial charge in [0.2, 0.25) is 0 Å². The molecule has 4 rings (SSSR count). The van der Waals surface area contributed by atoms with Gasteiger partial charge in [-0.3, -0.25) is 24.0 Å². The lowest BCUT2D eigenvalue weighted by Gasteiger charge is -2.65. The molecule has 0 spiro atoms. The first-order valence-electron chi connectivity index (χ1n) is 14.4. The summed E-state index contributed by atoms with van der Waals surface area (Å²) in [6, 6.07) is 0. The molecule has 13 heteroatoms. The van der Waals surface area contributed by atoms with Crippen molar-refractivity contribution in [1.82, 2.24) is 0 Å². The molecule has 1 aliphatic heterocycles. The summed E-state index contributed by atoms with van der Waals surface area (Å²) in [6.45, 7) is 12.0. The molecule has 1 heterocycles. The van der Waals surface area contributed by atoms with Gasteiger partial charge in [-0.05, 0) is 31.9 Å². The fourth-order valence-corrected chi connectivity index (χ4v) is 8.44. The predicted octanol–water partition coefficient (Wildman–Crippen LogP) is 1.29. The summed E-state index contributed by atoms with van der Waals surface area (Å²) in [5.74, 6) is -4.68. The third-order valence-corrected chi connectivity index (χ3v) is 9.88. The number of carbonyl (C=O) groups is 5. The Balaban J connectivity index is 2.18. The molecule has 0 amide bonds. The number of hydrogen-bond acceptors (Lipinski definition) is 13. The van der Waals surface area contributed by atoms with Crippen LogP contribution in [0.25, 0.3) is 0 Å². The van der Waals surface area contributed by atoms with Crippen LogP contribution in [0.15, 0.2) is 11.1 Å². The number of esters is 5. The third kappa shape index (κ3) is 4.93. The van der Waals surface area contributed by atoms with E-state index in [1.165, 1.54) is 41.5 Å². The van der Waals surface area contributed by atoms with E-state index in [0.717, 1.165) is 6.92 Å². The molecule has 2 saturated carbocycles. The first kappa shape index (κ1) is 32.9. The number of hydrogen-bond donors (Lipinski definition) is 2. The van der Waals surface area contributed by atoms with E-state index in [0.29, 0.717) is 5.57 Å². The number of carbonyl (C=O) groups excluding carboxylic acids is 5. The van der Waals surface area contributed by atoms with Crippen molar-refractivity contribution in [3.63, 3.8) is 0 Å². The average molecular weight is 611 g/mol. The molecule has 13 nitrogen and oxygen atoms in total. The molecule has 3 aliphatic carbocycles. The highest BCUT2D eigenvalue weighted by Crippen LogP contribution is 2.68. The summed E-state index contributed by atoms with van der Waals surface area (Å²) >= 11 is 0. The van der Waals surface area contributed by atoms with E-state index in [-0.39, 0.29) is 25.0 Å². The summed E-state index contributed by atoms with van der Waals surface area (Å²) in [5, 5.41) is 24.4. The molecule has 6 unspecified atom stereocenters. The number of aliphatic hydroxyl groups is 2. The lowest BCUT2D eigenvalue weighted by atomic mass is 9.49. The molecule has 0 radical (unpaired) electrons. The Hall–Kier alpha value is -3.03. The minimum Gasteiger partial charge on any atom is -0.462 e. The Labute approximate surface area is 250 Å². The van der Waals surface area contributed by atoms with Gasteiger partial charge in [0.1, 0.15) is 36.6 Å². The second-order valence-corrected chi connectivity index (χ2v) is 13.0. The second-order valence-electron chi connectivity index (χ2n) is 13.0. The number of aliphatic hydroxyl groups excluding tert-OH is 1. The van der Waals surface area contributed by atoms with Crippen LogP contribution in [0.4, 0.5) is 0 Å². The normalized spacial score (nSPS) is 40.0. The molecule has 3 fully saturated rings. The molecule has 10 atom stereocenters. The Morgan fingerprint density at radius 3 is 1.84 bits per heavy atom. The summed E-state index contributed by atoms with van der Waals surface area (Å²) in [4.78, 5) is 63.0. The Morgan fingerprint density at radius 1 is 0.860 bits per heavy atom. The van der Waals surface area contributed by atoms with Crippen molar-refractivity contribution >= 4 is 29.8 Å². The van der Waals surface area contributed by atoms with E-state index in [4.69, 9.17) is 28.4 Å². The first-order valence-corrected chi connectivity index (χ1v) is 14.4. The van der Waals surface area contributed by atoms with Gasteiger partial charge in [0.05, 0.1) is 29.0 Å². The monoisotopic (exact) mass is 610 g/mol. The lowest BCUT2D eigenvalue weighted by Crippen LogP contribution is -2.79. The van der Waals surface area contributed by atoms with Gasteiger partial charge >= 0.3 is 29.8 Å². The van der Waals surface area contributed by atoms with E-state index < -0.39 is 94.4 Å². The van der Waals surface area contributed by atoms with Gasteiger partial charge in [0, 0.05) is 47.5 Å². The smallest absolute Gasteiger partial charge is 0.303 e. The van der Waals surface area contributed by atoms with Crippen LogP contribution in [0.3, 0.4) is 0 Å². The van der Waals surface area contributed by atoms with Gasteiger partial charge in [0.25, 0.3) is 0 Å². The van der Waals surface area contributed by atoms with Crippen molar-refractivity contribution in [2.45, 2.75) is 123 Å². The molecule has 0 aromatic rings. The van der Waals surface area contributed by atoms with Crippen LogP contribution in [0.1, 0.15) is 75.2 Å². The molecule has 2 N–H and O–H groups in total. The largest absolute Gasteiger partial charge is 0.462 e. The van der Waals surface area contributed by atoms with Gasteiger partial charge in [-0.15, -0.1) is 0 Å². The van der Waals surface area contributed by atoms with Gasteiger partial charge in [0.15, 0.2) is 5.60 Å². The maximum absolute atomic E-state index is 13.0. The summed E-state index contributed by atoms with van der Waals surface area (Å²) in [6.07, 6.45) is -7.58. The van der Waals surface area contributed by atoms with Crippen molar-refractivity contribution in [3.05, 3.63) is 11.1 Å². The number of rotatable bonds is 6. The van der Waals surface area contributed by atoms with Gasteiger partial charge in [-0.25, -0.2) is 0 Å². The number of fused-ring (bicyclic) bond motifs is 4. The van der Waals surface area contributed by atoms with E-state index in [1.807, 2.05) is 0 Å². The topological polar surface area (TPSA) is 181 Å².